The number of H-pyrrole nitrogens is 1. The Morgan fingerprint density at radius 3 is 1.68 bits per heavy atom. The lowest BCUT2D eigenvalue weighted by molar-refractivity contribution is 1.18. The van der Waals surface area contributed by atoms with Gasteiger partial charge in [0.05, 0.1) is 16.6 Å². The van der Waals surface area contributed by atoms with Gasteiger partial charge >= 0.3 is 0 Å². The lowest BCUT2D eigenvalue weighted by Crippen LogP contribution is -1.92. The molecule has 2 heteroatoms. The van der Waals surface area contributed by atoms with Gasteiger partial charge in [0.25, 0.3) is 0 Å². The van der Waals surface area contributed by atoms with Gasteiger partial charge in [-0.05, 0) is 64.7 Å². The quantitative estimate of drug-likeness (QED) is 0.258. The number of para-hydroxylation sites is 1. The molecule has 38 heavy (non-hydrogen) atoms. The van der Waals surface area contributed by atoms with Crippen LogP contribution in [0.5, 0.6) is 0 Å². The second-order valence-corrected chi connectivity index (χ2v) is 9.90. The van der Waals surface area contributed by atoms with E-state index in [0.29, 0.717) is 0 Å². The Bertz CT molecular complexity index is 2100. The summed E-state index contributed by atoms with van der Waals surface area (Å²) < 4.78 is 2.39. The van der Waals surface area contributed by atoms with E-state index >= 15 is 0 Å². The summed E-state index contributed by atoms with van der Waals surface area (Å²) in [7, 11) is 0. The van der Waals surface area contributed by atoms with E-state index in [-0.39, 0.29) is 0 Å². The van der Waals surface area contributed by atoms with Gasteiger partial charge in [0.2, 0.25) is 0 Å². The molecule has 0 saturated carbocycles. The number of benzene rings is 6. The summed E-state index contributed by atoms with van der Waals surface area (Å²) in [4.78, 5) is 3.80. The molecule has 0 amide bonds. The van der Waals surface area contributed by atoms with Gasteiger partial charge in [-0.25, -0.2) is 0 Å². The molecule has 0 aliphatic rings. The Balaban J connectivity index is 1.48. The molecule has 0 fully saturated rings. The summed E-state index contributed by atoms with van der Waals surface area (Å²) in [6.45, 7) is 0. The van der Waals surface area contributed by atoms with Gasteiger partial charge < -0.3 is 9.55 Å². The fraction of sp³-hybridized carbons (Fsp3) is 0. The molecule has 2 heterocycles. The van der Waals surface area contributed by atoms with Gasteiger partial charge in [0.1, 0.15) is 0 Å². The van der Waals surface area contributed by atoms with Crippen molar-refractivity contribution in [1.82, 2.24) is 9.55 Å². The standard InChI is InChI=1S/C36H24N2/c1-4-10-24(11-5-1)26-16-19-32-30(22-26)29-18-21-34-35(36(29)37-32)31-23-27(25-12-6-2-7-13-25)17-20-33(31)38(34)28-14-8-3-9-15-28/h1-23,37H. The van der Waals surface area contributed by atoms with Crippen molar-refractivity contribution in [2.45, 2.75) is 0 Å². The Morgan fingerprint density at radius 1 is 0.421 bits per heavy atom. The molecule has 0 radical (unpaired) electrons. The number of aromatic nitrogens is 2. The van der Waals surface area contributed by atoms with E-state index in [0.717, 1.165) is 5.52 Å². The minimum absolute atomic E-state index is 1.16. The summed E-state index contributed by atoms with van der Waals surface area (Å²) in [5.41, 5.74) is 10.9. The predicted octanol–water partition coefficient (Wildman–Crippen LogP) is 9.75. The average molecular weight is 485 g/mol. The zero-order valence-electron chi connectivity index (χ0n) is 20.7. The van der Waals surface area contributed by atoms with Crippen LogP contribution in [0.3, 0.4) is 0 Å². The third-order valence-electron chi connectivity index (χ3n) is 7.73. The van der Waals surface area contributed by atoms with Crippen molar-refractivity contribution in [3.63, 3.8) is 0 Å². The van der Waals surface area contributed by atoms with Crippen molar-refractivity contribution in [1.29, 1.82) is 0 Å². The van der Waals surface area contributed by atoms with Crippen molar-refractivity contribution >= 4 is 43.6 Å². The normalized spacial score (nSPS) is 11.7. The first-order valence-electron chi connectivity index (χ1n) is 13.0. The number of fused-ring (bicyclic) bond motifs is 7. The van der Waals surface area contributed by atoms with Crippen molar-refractivity contribution in [2.75, 3.05) is 0 Å². The lowest BCUT2D eigenvalue weighted by atomic mass is 10.0. The Hall–Kier alpha value is -5.08. The largest absolute Gasteiger partial charge is 0.354 e. The molecule has 0 atom stereocenters. The topological polar surface area (TPSA) is 20.7 Å². The van der Waals surface area contributed by atoms with Crippen LogP contribution < -0.4 is 0 Å². The maximum atomic E-state index is 3.80. The van der Waals surface area contributed by atoms with Crippen LogP contribution in [0.2, 0.25) is 0 Å². The number of hydrogen-bond acceptors (Lipinski definition) is 0. The van der Waals surface area contributed by atoms with Crippen LogP contribution in [0.15, 0.2) is 140 Å². The van der Waals surface area contributed by atoms with E-state index < -0.39 is 0 Å². The monoisotopic (exact) mass is 484 g/mol. The smallest absolute Gasteiger partial charge is 0.0566 e. The van der Waals surface area contributed by atoms with E-state index in [4.69, 9.17) is 0 Å². The first kappa shape index (κ1) is 21.0. The third kappa shape index (κ3) is 3.14. The molecule has 178 valence electrons. The molecule has 2 aromatic heterocycles. The van der Waals surface area contributed by atoms with Gasteiger partial charge in [-0.15, -0.1) is 0 Å². The van der Waals surface area contributed by atoms with Crippen molar-refractivity contribution < 1.29 is 0 Å². The fourth-order valence-electron chi connectivity index (χ4n) is 5.95. The van der Waals surface area contributed by atoms with Gasteiger partial charge in [0, 0.05) is 32.7 Å². The van der Waals surface area contributed by atoms with E-state index in [1.54, 1.807) is 0 Å². The zero-order chi connectivity index (χ0) is 25.1. The highest BCUT2D eigenvalue weighted by Crippen LogP contribution is 2.41. The molecule has 8 aromatic rings. The van der Waals surface area contributed by atoms with Crippen molar-refractivity contribution in [3.8, 4) is 27.9 Å². The van der Waals surface area contributed by atoms with Gasteiger partial charge in [-0.1, -0.05) is 97.1 Å². The van der Waals surface area contributed by atoms with Crippen LogP contribution in [-0.2, 0) is 0 Å². The van der Waals surface area contributed by atoms with Crippen molar-refractivity contribution in [2.24, 2.45) is 0 Å². The van der Waals surface area contributed by atoms with Crippen LogP contribution in [-0.4, -0.2) is 9.55 Å². The molecular weight excluding hydrogens is 460 g/mol. The first-order chi connectivity index (χ1) is 18.8. The van der Waals surface area contributed by atoms with Crippen LogP contribution in [0, 0.1) is 0 Å². The summed E-state index contributed by atoms with van der Waals surface area (Å²) in [5, 5.41) is 5.02. The van der Waals surface area contributed by atoms with Crippen LogP contribution >= 0.6 is 0 Å². The lowest BCUT2D eigenvalue weighted by Gasteiger charge is -2.08. The summed E-state index contributed by atoms with van der Waals surface area (Å²) in [5.74, 6) is 0. The number of nitrogens with one attached hydrogen (secondary N) is 1. The first-order valence-corrected chi connectivity index (χ1v) is 13.0. The highest BCUT2D eigenvalue weighted by Gasteiger charge is 2.18. The minimum Gasteiger partial charge on any atom is -0.354 e. The number of hydrogen-bond donors (Lipinski definition) is 1. The Kier molecular flexibility index (Phi) is 4.55. The van der Waals surface area contributed by atoms with E-state index in [1.165, 1.54) is 66.0 Å². The molecule has 0 aliphatic heterocycles. The van der Waals surface area contributed by atoms with E-state index in [9.17, 15) is 0 Å². The molecule has 8 rings (SSSR count). The summed E-state index contributed by atoms with van der Waals surface area (Å²) in [6.07, 6.45) is 0. The molecule has 0 bridgehead atoms. The Labute approximate surface area is 220 Å². The SMILES string of the molecule is c1ccc(-c2ccc3[nH]c4c(ccc5c4c4cc(-c6ccccc6)ccc4n5-c4ccccc4)c3c2)cc1. The second-order valence-electron chi connectivity index (χ2n) is 9.90. The molecule has 0 aliphatic carbocycles. The second kappa shape index (κ2) is 8.22. The summed E-state index contributed by atoms with van der Waals surface area (Å²) in [6, 6.07) is 50.1. The molecule has 0 spiro atoms. The minimum atomic E-state index is 1.16. The van der Waals surface area contributed by atoms with Gasteiger partial charge in [-0.3, -0.25) is 0 Å². The molecular formula is C36H24N2. The number of nitrogens with zero attached hydrogens (tertiary/aromatic N) is 1. The van der Waals surface area contributed by atoms with Crippen LogP contribution in [0.1, 0.15) is 0 Å². The van der Waals surface area contributed by atoms with Crippen molar-refractivity contribution in [3.05, 3.63) is 140 Å². The molecule has 6 aromatic carbocycles. The number of aromatic amines is 1. The molecule has 1 N–H and O–H groups in total. The predicted molar refractivity (Wildman–Crippen MR) is 161 cm³/mol. The highest BCUT2D eigenvalue weighted by atomic mass is 15.0. The van der Waals surface area contributed by atoms with Gasteiger partial charge in [0.15, 0.2) is 0 Å². The number of rotatable bonds is 3. The molecule has 0 saturated heterocycles. The van der Waals surface area contributed by atoms with Gasteiger partial charge in [-0.2, -0.15) is 0 Å². The summed E-state index contributed by atoms with van der Waals surface area (Å²) >= 11 is 0. The van der Waals surface area contributed by atoms with E-state index in [2.05, 4.69) is 149 Å². The highest BCUT2D eigenvalue weighted by molar-refractivity contribution is 6.25. The zero-order valence-corrected chi connectivity index (χ0v) is 20.7. The molecule has 2 nitrogen and oxygen atoms in total. The van der Waals surface area contributed by atoms with Crippen LogP contribution in [0.4, 0.5) is 0 Å². The van der Waals surface area contributed by atoms with E-state index in [1.807, 2.05) is 0 Å². The fourth-order valence-corrected chi connectivity index (χ4v) is 5.95. The Morgan fingerprint density at radius 2 is 1.00 bits per heavy atom. The maximum absolute atomic E-state index is 3.80. The maximum Gasteiger partial charge on any atom is 0.0566 e. The van der Waals surface area contributed by atoms with Crippen LogP contribution in [0.25, 0.3) is 71.6 Å². The average Bonchev–Trinajstić information content (AvgIpc) is 3.53. The molecule has 0 unspecified atom stereocenters. The third-order valence-corrected chi connectivity index (χ3v) is 7.73.